The molecule has 0 heterocycles. The van der Waals surface area contributed by atoms with E-state index in [0.29, 0.717) is 0 Å². The molecule has 0 aromatic rings. The second-order valence-electron chi connectivity index (χ2n) is 0.670. The number of thiocyanates is 1. The summed E-state index contributed by atoms with van der Waals surface area (Å²) in [4.78, 5) is 0. The van der Waals surface area contributed by atoms with Gasteiger partial charge in [0.1, 0.15) is 12.0 Å². The standard InChI is InChI=1S/CHNO4S2.K.H/c2-1-7-6-8(3,4)5;;/h(H,3,4,5);;. The maximum absolute atomic E-state index is 9.55. The van der Waals surface area contributed by atoms with Crippen LogP contribution in [-0.4, -0.2) is 64.4 Å². The molecule has 0 unspecified atom stereocenters. The number of nitriles is 1. The van der Waals surface area contributed by atoms with Crippen LogP contribution in [0.15, 0.2) is 0 Å². The fourth-order valence-corrected chi connectivity index (χ4v) is 0.524. The topological polar surface area (TPSA) is 87.4 Å². The van der Waals surface area contributed by atoms with E-state index in [1.165, 1.54) is 5.40 Å². The molecule has 0 aliphatic heterocycles. The van der Waals surface area contributed by atoms with Crippen LogP contribution in [0.1, 0.15) is 0 Å². The predicted octanol–water partition coefficient (Wildman–Crippen LogP) is -0.713. The van der Waals surface area contributed by atoms with Gasteiger partial charge in [-0.25, -0.2) is 0 Å². The molecule has 48 valence electrons. The summed E-state index contributed by atoms with van der Waals surface area (Å²) in [7, 11) is -4.45. The Hall–Kier alpha value is 1.35. The van der Waals surface area contributed by atoms with Gasteiger partial charge in [-0.3, -0.25) is 4.55 Å². The molecule has 8 heteroatoms. The van der Waals surface area contributed by atoms with Crippen molar-refractivity contribution in [2.24, 2.45) is 0 Å². The van der Waals surface area contributed by atoms with Gasteiger partial charge in [0.25, 0.3) is 0 Å². The van der Waals surface area contributed by atoms with Gasteiger partial charge in [0.15, 0.2) is 5.40 Å². The summed E-state index contributed by atoms with van der Waals surface area (Å²) in [6.07, 6.45) is 0. The second kappa shape index (κ2) is 6.08. The molecule has 5 nitrogen and oxygen atoms in total. The zero-order chi connectivity index (χ0) is 6.62. The molecule has 0 rings (SSSR count). The van der Waals surface area contributed by atoms with Crippen LogP contribution in [0.2, 0.25) is 0 Å². The molecule has 0 saturated carbocycles. The summed E-state index contributed by atoms with van der Waals surface area (Å²) in [5.74, 6) is 0. The van der Waals surface area contributed by atoms with Crippen molar-refractivity contribution in [3.63, 3.8) is 0 Å². The SMILES string of the molecule is N#CSOS(=O)(=O)O.[KH]. The average molecular weight is 195 g/mol. The minimum absolute atomic E-state index is 0. The third kappa shape index (κ3) is 12.5. The molecular weight excluding hydrogens is 193 g/mol. The fourth-order valence-electron chi connectivity index (χ4n) is 0.0582. The van der Waals surface area contributed by atoms with Crippen LogP contribution in [0.3, 0.4) is 0 Å². The predicted molar refractivity (Wildman–Crippen MR) is 33.0 cm³/mol. The first-order chi connectivity index (χ1) is 3.56. The van der Waals surface area contributed by atoms with Gasteiger partial charge < -0.3 is 0 Å². The van der Waals surface area contributed by atoms with Gasteiger partial charge in [0, 0.05) is 0 Å². The third-order valence-corrected chi connectivity index (χ3v) is 1.19. The molecule has 0 aromatic heterocycles. The zero-order valence-corrected chi connectivity index (χ0v) is 5.07. The van der Waals surface area contributed by atoms with E-state index in [9.17, 15) is 8.42 Å². The number of hydrogen-bond donors (Lipinski definition) is 1. The third-order valence-electron chi connectivity index (χ3n) is 0.157. The summed E-state index contributed by atoms with van der Waals surface area (Å²) in [5.41, 5.74) is 0. The summed E-state index contributed by atoms with van der Waals surface area (Å²) < 4.78 is 30.3. The fraction of sp³-hybridized carbons (Fsp3) is 0. The first-order valence-corrected chi connectivity index (χ1v) is 3.38. The van der Waals surface area contributed by atoms with Crippen molar-refractivity contribution in [2.75, 3.05) is 0 Å². The molecule has 0 bridgehead atoms. The molecule has 0 spiro atoms. The Balaban J connectivity index is 0. The zero-order valence-electron chi connectivity index (χ0n) is 3.44. The Labute approximate surface area is 99.3 Å². The van der Waals surface area contributed by atoms with Gasteiger partial charge in [0.2, 0.25) is 0 Å². The molecule has 0 radical (unpaired) electrons. The van der Waals surface area contributed by atoms with E-state index in [1.807, 2.05) is 0 Å². The Morgan fingerprint density at radius 1 is 1.67 bits per heavy atom. The Bertz CT molecular complexity index is 191. The number of rotatable bonds is 2. The van der Waals surface area contributed by atoms with Crippen LogP contribution in [0.4, 0.5) is 0 Å². The van der Waals surface area contributed by atoms with E-state index in [0.717, 1.165) is 0 Å². The van der Waals surface area contributed by atoms with Crippen molar-refractivity contribution in [2.45, 2.75) is 0 Å². The van der Waals surface area contributed by atoms with E-state index in [1.54, 1.807) is 0 Å². The van der Waals surface area contributed by atoms with Gasteiger partial charge in [-0.05, 0) is 0 Å². The van der Waals surface area contributed by atoms with Crippen LogP contribution in [0.5, 0.6) is 0 Å². The van der Waals surface area contributed by atoms with Crippen LogP contribution < -0.4 is 0 Å². The van der Waals surface area contributed by atoms with Crippen molar-refractivity contribution in [1.82, 2.24) is 0 Å². The summed E-state index contributed by atoms with van der Waals surface area (Å²) in [6.45, 7) is 0. The van der Waals surface area contributed by atoms with Gasteiger partial charge >= 0.3 is 61.8 Å². The average Bonchev–Trinajstić information content (AvgIpc) is 1.59. The molecule has 1 N–H and O–H groups in total. The van der Waals surface area contributed by atoms with E-state index in [-0.39, 0.29) is 63.4 Å². The van der Waals surface area contributed by atoms with E-state index >= 15 is 0 Å². The molecule has 0 amide bonds. The van der Waals surface area contributed by atoms with Crippen molar-refractivity contribution in [3.05, 3.63) is 0 Å². The number of hydrogen-bond acceptors (Lipinski definition) is 5. The molecule has 0 atom stereocenters. The van der Waals surface area contributed by atoms with E-state index in [4.69, 9.17) is 9.81 Å². The molecule has 9 heavy (non-hydrogen) atoms. The van der Waals surface area contributed by atoms with Crippen molar-refractivity contribution >= 4 is 73.8 Å². The van der Waals surface area contributed by atoms with Gasteiger partial charge in [-0.2, -0.15) is 17.3 Å². The van der Waals surface area contributed by atoms with Crippen molar-refractivity contribution in [1.29, 1.82) is 5.26 Å². The van der Waals surface area contributed by atoms with Gasteiger partial charge in [0.05, 0.1) is 0 Å². The minimum atomic E-state index is -4.45. The van der Waals surface area contributed by atoms with Crippen LogP contribution in [0, 0.1) is 10.7 Å². The molecule has 0 fully saturated rings. The van der Waals surface area contributed by atoms with Crippen molar-refractivity contribution < 1.29 is 16.6 Å². The summed E-state index contributed by atoms with van der Waals surface area (Å²) in [5, 5.41) is 8.92. The molecular formula is CH2KNO4S2. The molecule has 0 saturated heterocycles. The molecule has 0 aliphatic carbocycles. The van der Waals surface area contributed by atoms with Crippen LogP contribution in [0.25, 0.3) is 0 Å². The van der Waals surface area contributed by atoms with E-state index in [2.05, 4.69) is 3.63 Å². The van der Waals surface area contributed by atoms with Gasteiger partial charge in [-0.1, -0.05) is 0 Å². The second-order valence-corrected chi connectivity index (χ2v) is 2.42. The first-order valence-electron chi connectivity index (χ1n) is 1.28. The monoisotopic (exact) mass is 195 g/mol. The van der Waals surface area contributed by atoms with Gasteiger partial charge in [-0.15, -0.1) is 0 Å². The first kappa shape index (κ1) is 13.0. The summed E-state index contributed by atoms with van der Waals surface area (Å²) in [6, 6.07) is 0. The normalized spacial score (nSPS) is 9.33. The summed E-state index contributed by atoms with van der Waals surface area (Å²) >= 11 is -0.0174. The van der Waals surface area contributed by atoms with Crippen LogP contribution in [-0.2, 0) is 14.0 Å². The molecule has 0 aromatic carbocycles. The van der Waals surface area contributed by atoms with E-state index < -0.39 is 10.4 Å². The van der Waals surface area contributed by atoms with Crippen molar-refractivity contribution in [3.8, 4) is 5.40 Å². The Kier molecular flexibility index (Phi) is 8.77. The van der Waals surface area contributed by atoms with Crippen LogP contribution >= 0.6 is 12.0 Å². The molecule has 0 aliphatic rings. The quantitative estimate of drug-likeness (QED) is 0.271. The Morgan fingerprint density at radius 3 is 2.22 bits per heavy atom. The Morgan fingerprint density at radius 2 is 2.11 bits per heavy atom. The number of nitrogens with zero attached hydrogens (tertiary/aromatic N) is 1. The maximum atomic E-state index is 9.55.